The van der Waals surface area contributed by atoms with Gasteiger partial charge in [-0.25, -0.2) is 17.5 Å². The monoisotopic (exact) mass is 410 g/mol. The average Bonchev–Trinajstić information content (AvgIpc) is 2.84. The van der Waals surface area contributed by atoms with E-state index in [-0.39, 0.29) is 10.6 Å². The van der Waals surface area contributed by atoms with Crippen LogP contribution in [-0.2, 0) is 23.2 Å². The lowest BCUT2D eigenvalue weighted by atomic mass is 10.1. The first-order chi connectivity index (χ1) is 13.0. The topological polar surface area (TPSA) is 67.5 Å². The first-order valence-corrected chi connectivity index (χ1v) is 11.3. The van der Waals surface area contributed by atoms with E-state index in [2.05, 4.69) is 32.6 Å². The van der Waals surface area contributed by atoms with Gasteiger partial charge in [0.05, 0.1) is 22.6 Å². The first kappa shape index (κ1) is 22.6. The van der Waals surface area contributed by atoms with Crippen molar-refractivity contribution in [2.24, 2.45) is 11.8 Å². The molecule has 0 N–H and O–H groups in total. The molecule has 1 aromatic heterocycles. The SMILES string of the molecule is CCn1c(=O)n(CN(CC(C)C)CC(C)C)c2cc(S(=O)(=O)N(C)C)ccc21. The molecular formula is C20H34N4O3S. The highest BCUT2D eigenvalue weighted by atomic mass is 32.2. The Balaban J connectivity index is 2.63. The molecule has 8 heteroatoms. The van der Waals surface area contributed by atoms with E-state index in [9.17, 15) is 13.2 Å². The Bertz CT molecular complexity index is 961. The quantitative estimate of drug-likeness (QED) is 0.637. The lowest BCUT2D eigenvalue weighted by Gasteiger charge is -2.26. The van der Waals surface area contributed by atoms with Crippen LogP contribution in [0.2, 0.25) is 0 Å². The zero-order valence-electron chi connectivity index (χ0n) is 18.1. The lowest BCUT2D eigenvalue weighted by Crippen LogP contribution is -2.37. The van der Waals surface area contributed by atoms with E-state index in [4.69, 9.17) is 0 Å². The van der Waals surface area contributed by atoms with E-state index in [1.807, 2.05) is 6.92 Å². The number of hydrogen-bond donors (Lipinski definition) is 0. The number of imidazole rings is 1. The Kier molecular flexibility index (Phi) is 7.12. The van der Waals surface area contributed by atoms with Crippen molar-refractivity contribution in [3.8, 4) is 0 Å². The second-order valence-corrected chi connectivity index (χ2v) is 10.5. The molecular weight excluding hydrogens is 376 g/mol. The Hall–Kier alpha value is -1.64. The minimum atomic E-state index is -3.57. The normalized spacial score (nSPS) is 13.0. The van der Waals surface area contributed by atoms with Crippen molar-refractivity contribution >= 4 is 21.1 Å². The van der Waals surface area contributed by atoms with E-state index >= 15 is 0 Å². The molecule has 1 aromatic carbocycles. The lowest BCUT2D eigenvalue weighted by molar-refractivity contribution is 0.174. The van der Waals surface area contributed by atoms with Gasteiger partial charge in [0.15, 0.2) is 0 Å². The zero-order chi connectivity index (χ0) is 21.2. The van der Waals surface area contributed by atoms with Gasteiger partial charge >= 0.3 is 5.69 Å². The van der Waals surface area contributed by atoms with Crippen LogP contribution < -0.4 is 5.69 Å². The van der Waals surface area contributed by atoms with Crippen LogP contribution in [0.5, 0.6) is 0 Å². The number of benzene rings is 1. The second kappa shape index (κ2) is 8.80. The van der Waals surface area contributed by atoms with Crippen LogP contribution >= 0.6 is 0 Å². The standard InChI is InChI=1S/C20H34N4O3S/c1-8-23-18-10-9-17(28(26,27)21(6)7)11-19(18)24(20(23)25)14-22(12-15(2)3)13-16(4)5/h9-11,15-16H,8,12-14H2,1-7H3. The maximum Gasteiger partial charge on any atom is 0.330 e. The Morgan fingerprint density at radius 2 is 1.54 bits per heavy atom. The summed E-state index contributed by atoms with van der Waals surface area (Å²) in [5.41, 5.74) is 1.32. The Morgan fingerprint density at radius 3 is 2.00 bits per heavy atom. The third-order valence-corrected chi connectivity index (χ3v) is 6.48. The van der Waals surface area contributed by atoms with Crippen LogP contribution in [0.15, 0.2) is 27.9 Å². The van der Waals surface area contributed by atoms with Crippen molar-refractivity contribution in [3.63, 3.8) is 0 Å². The molecule has 0 bridgehead atoms. The van der Waals surface area contributed by atoms with Gasteiger partial charge in [0.25, 0.3) is 0 Å². The highest BCUT2D eigenvalue weighted by Crippen LogP contribution is 2.21. The number of hydrogen-bond acceptors (Lipinski definition) is 4. The molecule has 0 atom stereocenters. The number of aryl methyl sites for hydroxylation is 1. The Morgan fingerprint density at radius 1 is 0.964 bits per heavy atom. The summed E-state index contributed by atoms with van der Waals surface area (Å²) in [5, 5.41) is 0. The third-order valence-electron chi connectivity index (χ3n) is 4.67. The molecule has 2 aromatic rings. The summed E-state index contributed by atoms with van der Waals surface area (Å²) in [5.74, 6) is 0.942. The van der Waals surface area contributed by atoms with Crippen molar-refractivity contribution in [2.75, 3.05) is 27.2 Å². The number of aromatic nitrogens is 2. The largest absolute Gasteiger partial charge is 0.330 e. The van der Waals surface area contributed by atoms with Crippen molar-refractivity contribution in [3.05, 3.63) is 28.7 Å². The second-order valence-electron chi connectivity index (χ2n) is 8.36. The average molecular weight is 411 g/mol. The third kappa shape index (κ3) is 4.67. The molecule has 7 nitrogen and oxygen atoms in total. The van der Waals surface area contributed by atoms with Gasteiger partial charge in [-0.3, -0.25) is 14.0 Å². The minimum Gasteiger partial charge on any atom is -0.292 e. The van der Waals surface area contributed by atoms with E-state index in [1.54, 1.807) is 27.3 Å². The summed E-state index contributed by atoms with van der Waals surface area (Å²) < 4.78 is 29.8. The summed E-state index contributed by atoms with van der Waals surface area (Å²) in [7, 11) is -0.545. The van der Waals surface area contributed by atoms with Gasteiger partial charge in [0, 0.05) is 33.7 Å². The number of fused-ring (bicyclic) bond motifs is 1. The van der Waals surface area contributed by atoms with Gasteiger partial charge < -0.3 is 0 Å². The van der Waals surface area contributed by atoms with E-state index in [0.717, 1.165) is 18.6 Å². The van der Waals surface area contributed by atoms with E-state index in [1.165, 1.54) is 18.4 Å². The van der Waals surface area contributed by atoms with Crippen LogP contribution in [-0.4, -0.2) is 53.9 Å². The summed E-state index contributed by atoms with van der Waals surface area (Å²) in [6.07, 6.45) is 0. The molecule has 2 rings (SSSR count). The molecule has 0 saturated carbocycles. The molecule has 0 aliphatic carbocycles. The predicted octanol–water partition coefficient (Wildman–Crippen LogP) is 2.64. The smallest absolute Gasteiger partial charge is 0.292 e. The minimum absolute atomic E-state index is 0.102. The molecule has 0 aliphatic rings. The van der Waals surface area contributed by atoms with Gasteiger partial charge in [0.1, 0.15) is 0 Å². The van der Waals surface area contributed by atoms with Gasteiger partial charge in [0.2, 0.25) is 10.0 Å². The predicted molar refractivity (Wildman–Crippen MR) is 114 cm³/mol. The fraction of sp³-hybridized carbons (Fsp3) is 0.650. The molecule has 158 valence electrons. The highest BCUT2D eigenvalue weighted by Gasteiger charge is 2.21. The summed E-state index contributed by atoms with van der Waals surface area (Å²) in [6.45, 7) is 13.3. The van der Waals surface area contributed by atoms with Crippen molar-refractivity contribution in [1.29, 1.82) is 0 Å². The molecule has 0 fully saturated rings. The summed E-state index contributed by atoms with van der Waals surface area (Å²) in [4.78, 5) is 15.5. The number of rotatable bonds is 9. The molecule has 0 spiro atoms. The summed E-state index contributed by atoms with van der Waals surface area (Å²) >= 11 is 0. The Labute approximate surface area is 168 Å². The fourth-order valence-corrected chi connectivity index (χ4v) is 4.46. The molecule has 1 heterocycles. The molecule has 0 aliphatic heterocycles. The molecule has 0 radical (unpaired) electrons. The van der Waals surface area contributed by atoms with Gasteiger partial charge in [-0.05, 0) is 37.0 Å². The maximum atomic E-state index is 13.1. The number of sulfonamides is 1. The van der Waals surface area contributed by atoms with E-state index < -0.39 is 10.0 Å². The summed E-state index contributed by atoms with van der Waals surface area (Å²) in [6, 6.07) is 4.94. The molecule has 0 amide bonds. The van der Waals surface area contributed by atoms with Crippen molar-refractivity contribution < 1.29 is 8.42 Å². The van der Waals surface area contributed by atoms with Gasteiger partial charge in [-0.2, -0.15) is 0 Å². The van der Waals surface area contributed by atoms with Crippen LogP contribution in [0.25, 0.3) is 11.0 Å². The van der Waals surface area contributed by atoms with E-state index in [0.29, 0.717) is 30.6 Å². The molecule has 28 heavy (non-hydrogen) atoms. The fourth-order valence-electron chi connectivity index (χ4n) is 3.54. The van der Waals surface area contributed by atoms with Crippen molar-refractivity contribution in [2.45, 2.75) is 52.7 Å². The maximum absolute atomic E-state index is 13.1. The van der Waals surface area contributed by atoms with Crippen LogP contribution in [0.4, 0.5) is 0 Å². The van der Waals surface area contributed by atoms with Gasteiger partial charge in [-0.1, -0.05) is 27.7 Å². The molecule has 0 unspecified atom stereocenters. The van der Waals surface area contributed by atoms with Crippen molar-refractivity contribution in [1.82, 2.24) is 18.3 Å². The first-order valence-electron chi connectivity index (χ1n) is 9.87. The van der Waals surface area contributed by atoms with Crippen LogP contribution in [0.3, 0.4) is 0 Å². The van der Waals surface area contributed by atoms with Crippen LogP contribution in [0.1, 0.15) is 34.6 Å². The zero-order valence-corrected chi connectivity index (χ0v) is 19.0. The van der Waals surface area contributed by atoms with Gasteiger partial charge in [-0.15, -0.1) is 0 Å². The number of nitrogens with zero attached hydrogens (tertiary/aromatic N) is 4. The molecule has 0 saturated heterocycles. The highest BCUT2D eigenvalue weighted by molar-refractivity contribution is 7.89. The van der Waals surface area contributed by atoms with Crippen LogP contribution in [0, 0.1) is 11.8 Å².